The molecular weight excluding hydrogens is 395 g/mol. The van der Waals surface area contributed by atoms with Crippen molar-refractivity contribution in [1.29, 1.82) is 5.41 Å². The number of alkyl halides is 1. The number of halogens is 1. The number of fused-ring (bicyclic) bond motifs is 1. The Kier molecular flexibility index (Phi) is 6.92. The Balaban J connectivity index is 0.00000132. The highest BCUT2D eigenvalue weighted by Crippen LogP contribution is 2.30. The van der Waals surface area contributed by atoms with Crippen LogP contribution in [0, 0.1) is 12.3 Å². The van der Waals surface area contributed by atoms with Crippen molar-refractivity contribution in [3.63, 3.8) is 0 Å². The second-order valence-corrected chi connectivity index (χ2v) is 7.11. The van der Waals surface area contributed by atoms with E-state index in [1.54, 1.807) is 18.3 Å². The maximum atomic E-state index is 12.4. The number of rotatable bonds is 4. The molecule has 2 aromatic heterocycles. The van der Waals surface area contributed by atoms with E-state index in [0.29, 0.717) is 29.8 Å². The minimum atomic E-state index is -0.328. The molecule has 1 atom stereocenters. The topological polar surface area (TPSA) is 117 Å². The molecule has 0 saturated heterocycles. The smallest absolute Gasteiger partial charge is 0.320 e. The van der Waals surface area contributed by atoms with Gasteiger partial charge in [-0.2, -0.15) is 0 Å². The molecule has 8 heteroatoms. The summed E-state index contributed by atoms with van der Waals surface area (Å²) in [5.74, 6) is 0.341. The van der Waals surface area contributed by atoms with Crippen LogP contribution in [0.3, 0.4) is 0 Å². The predicted molar refractivity (Wildman–Crippen MR) is 120 cm³/mol. The SMILES string of the molecule is CF.Cc1cc(C(=N)c2cnc(NC(=O)NC3CCc4ccccc43)cc2N)ccn1. The Hall–Kier alpha value is -3.81. The lowest BCUT2D eigenvalue weighted by Gasteiger charge is -2.15. The fourth-order valence-corrected chi connectivity index (χ4v) is 3.62. The lowest BCUT2D eigenvalue weighted by molar-refractivity contribution is 0.248. The van der Waals surface area contributed by atoms with Gasteiger partial charge in [0.1, 0.15) is 5.82 Å². The molecule has 0 aliphatic heterocycles. The van der Waals surface area contributed by atoms with Crippen LogP contribution in [-0.2, 0) is 6.42 Å². The van der Waals surface area contributed by atoms with Crippen LogP contribution in [-0.4, -0.2) is 28.9 Å². The number of benzene rings is 1. The number of urea groups is 1. The highest BCUT2D eigenvalue weighted by Gasteiger charge is 2.23. The van der Waals surface area contributed by atoms with Gasteiger partial charge in [-0.25, -0.2) is 9.78 Å². The van der Waals surface area contributed by atoms with Crippen LogP contribution in [0.4, 0.5) is 20.7 Å². The molecule has 31 heavy (non-hydrogen) atoms. The number of hydrogen-bond donors (Lipinski definition) is 4. The highest BCUT2D eigenvalue weighted by molar-refractivity contribution is 6.13. The van der Waals surface area contributed by atoms with Crippen molar-refractivity contribution < 1.29 is 9.18 Å². The van der Waals surface area contributed by atoms with Crippen LogP contribution < -0.4 is 16.4 Å². The van der Waals surface area contributed by atoms with Gasteiger partial charge in [-0.15, -0.1) is 0 Å². The summed E-state index contributed by atoms with van der Waals surface area (Å²) in [5.41, 5.74) is 11.2. The Bertz CT molecular complexity index is 1100. The zero-order valence-corrected chi connectivity index (χ0v) is 17.4. The number of nitrogens with zero attached hydrogens (tertiary/aromatic N) is 2. The van der Waals surface area contributed by atoms with Gasteiger partial charge < -0.3 is 11.1 Å². The summed E-state index contributed by atoms with van der Waals surface area (Å²) in [6, 6.07) is 12.9. The number of pyridine rings is 2. The van der Waals surface area contributed by atoms with E-state index in [0.717, 1.165) is 24.1 Å². The van der Waals surface area contributed by atoms with Crippen molar-refractivity contribution in [3.8, 4) is 0 Å². The van der Waals surface area contributed by atoms with Crippen LogP contribution in [0.25, 0.3) is 0 Å². The monoisotopic (exact) mass is 420 g/mol. The lowest BCUT2D eigenvalue weighted by atomic mass is 10.0. The molecule has 1 aliphatic carbocycles. The third-order valence-electron chi connectivity index (χ3n) is 5.07. The number of nitrogens with two attached hydrogens (primary N) is 1. The number of aromatic nitrogens is 2. The first-order valence-electron chi connectivity index (χ1n) is 9.82. The molecule has 5 N–H and O–H groups in total. The molecule has 0 radical (unpaired) electrons. The Morgan fingerprint density at radius 1 is 1.19 bits per heavy atom. The Labute approximate surface area is 180 Å². The summed E-state index contributed by atoms with van der Waals surface area (Å²) in [6.07, 6.45) is 5.00. The van der Waals surface area contributed by atoms with Gasteiger partial charge in [0.25, 0.3) is 0 Å². The average Bonchev–Trinajstić information content (AvgIpc) is 3.17. The molecule has 2 amide bonds. The molecule has 3 aromatic rings. The van der Waals surface area contributed by atoms with E-state index >= 15 is 0 Å². The molecule has 0 bridgehead atoms. The van der Waals surface area contributed by atoms with Gasteiger partial charge in [-0.05, 0) is 43.0 Å². The maximum absolute atomic E-state index is 12.4. The number of hydrogen-bond acceptors (Lipinski definition) is 5. The molecule has 7 nitrogen and oxygen atoms in total. The van der Waals surface area contributed by atoms with Gasteiger partial charge in [0.05, 0.1) is 18.9 Å². The van der Waals surface area contributed by atoms with Crippen molar-refractivity contribution in [3.05, 3.63) is 82.8 Å². The van der Waals surface area contributed by atoms with Crippen LogP contribution in [0.2, 0.25) is 0 Å². The van der Waals surface area contributed by atoms with Gasteiger partial charge in [0, 0.05) is 41.0 Å². The molecular formula is C23H25FN6O. The first-order chi connectivity index (χ1) is 15.0. The summed E-state index contributed by atoms with van der Waals surface area (Å²) in [4.78, 5) is 20.8. The maximum Gasteiger partial charge on any atom is 0.320 e. The lowest BCUT2D eigenvalue weighted by Crippen LogP contribution is -2.31. The third-order valence-corrected chi connectivity index (χ3v) is 5.07. The number of carbonyl (C=O) groups excluding carboxylic acids is 1. The Morgan fingerprint density at radius 3 is 2.71 bits per heavy atom. The number of carbonyl (C=O) groups is 1. The molecule has 1 aliphatic rings. The fourth-order valence-electron chi connectivity index (χ4n) is 3.62. The molecule has 0 fully saturated rings. The van der Waals surface area contributed by atoms with Gasteiger partial charge in [0.15, 0.2) is 0 Å². The summed E-state index contributed by atoms with van der Waals surface area (Å²) in [7, 11) is 0.500. The van der Waals surface area contributed by atoms with Gasteiger partial charge in [-0.1, -0.05) is 24.3 Å². The summed E-state index contributed by atoms with van der Waals surface area (Å²) in [6.45, 7) is 1.87. The van der Waals surface area contributed by atoms with Crippen molar-refractivity contribution in [2.75, 3.05) is 18.2 Å². The number of anilines is 2. The van der Waals surface area contributed by atoms with E-state index in [-0.39, 0.29) is 17.8 Å². The summed E-state index contributed by atoms with van der Waals surface area (Å²) < 4.78 is 9.50. The normalized spacial score (nSPS) is 14.1. The minimum Gasteiger partial charge on any atom is -0.398 e. The highest BCUT2D eigenvalue weighted by atomic mass is 19.1. The molecule has 0 spiro atoms. The van der Waals surface area contributed by atoms with Crippen LogP contribution in [0.15, 0.2) is 54.9 Å². The number of amides is 2. The number of nitrogen functional groups attached to an aromatic ring is 1. The van der Waals surface area contributed by atoms with E-state index in [9.17, 15) is 9.18 Å². The van der Waals surface area contributed by atoms with Crippen LogP contribution in [0.1, 0.15) is 40.4 Å². The third kappa shape index (κ3) is 5.03. The molecule has 4 rings (SSSR count). The standard InChI is InChI=1S/C22H22N6O.CH3F/c1-13-10-15(8-9-25-13)21(24)17-12-26-20(11-18(17)23)28-22(29)27-19-7-6-14-4-2-3-5-16(14)19;1-2/h2-5,8-12,19,24H,6-7H2,1H3,(H4,23,26,27,28,29);1H3. The second kappa shape index (κ2) is 9.80. The second-order valence-electron chi connectivity index (χ2n) is 7.11. The van der Waals surface area contributed by atoms with Crippen LogP contribution >= 0.6 is 0 Å². The largest absolute Gasteiger partial charge is 0.398 e. The van der Waals surface area contributed by atoms with E-state index in [1.165, 1.54) is 11.8 Å². The Morgan fingerprint density at radius 2 is 1.97 bits per heavy atom. The number of nitrogens with one attached hydrogen (secondary N) is 3. The van der Waals surface area contributed by atoms with Gasteiger partial charge >= 0.3 is 6.03 Å². The van der Waals surface area contributed by atoms with E-state index in [1.807, 2.05) is 31.2 Å². The van der Waals surface area contributed by atoms with Crippen LogP contribution in [0.5, 0.6) is 0 Å². The van der Waals surface area contributed by atoms with Gasteiger partial charge in [-0.3, -0.25) is 20.1 Å². The number of aryl methyl sites for hydroxylation is 2. The first kappa shape index (κ1) is 21.9. The molecule has 0 saturated carbocycles. The molecule has 1 unspecified atom stereocenters. The minimum absolute atomic E-state index is 0.00840. The van der Waals surface area contributed by atoms with Crippen molar-refractivity contribution in [1.82, 2.24) is 15.3 Å². The van der Waals surface area contributed by atoms with E-state index in [4.69, 9.17) is 11.1 Å². The quantitative estimate of drug-likeness (QED) is 0.474. The molecule has 1 aromatic carbocycles. The average molecular weight is 420 g/mol. The van der Waals surface area contributed by atoms with Crippen molar-refractivity contribution in [2.24, 2.45) is 0 Å². The molecule has 2 heterocycles. The molecule has 160 valence electrons. The fraction of sp³-hybridized carbons (Fsp3) is 0.217. The predicted octanol–water partition coefficient (Wildman–Crippen LogP) is 4.18. The van der Waals surface area contributed by atoms with Crippen molar-refractivity contribution in [2.45, 2.75) is 25.8 Å². The zero-order valence-electron chi connectivity index (χ0n) is 17.4. The van der Waals surface area contributed by atoms with E-state index in [2.05, 4.69) is 26.7 Å². The first-order valence-corrected chi connectivity index (χ1v) is 9.82. The van der Waals surface area contributed by atoms with Gasteiger partial charge in [0.2, 0.25) is 0 Å². The summed E-state index contributed by atoms with van der Waals surface area (Å²) >= 11 is 0. The van der Waals surface area contributed by atoms with E-state index < -0.39 is 0 Å². The van der Waals surface area contributed by atoms with Crippen molar-refractivity contribution >= 4 is 23.2 Å². The zero-order chi connectivity index (χ0) is 22.4. The summed E-state index contributed by atoms with van der Waals surface area (Å²) in [5, 5.41) is 14.1.